The van der Waals surface area contributed by atoms with Gasteiger partial charge in [-0.1, -0.05) is 72.2 Å². The Hall–Kier alpha value is -3.00. The molecule has 0 saturated heterocycles. The number of para-hydroxylation sites is 1. The van der Waals surface area contributed by atoms with Crippen molar-refractivity contribution in [2.75, 3.05) is 0 Å². The number of fused-ring (bicyclic) bond motifs is 4. The van der Waals surface area contributed by atoms with Crippen LogP contribution in [0.15, 0.2) is 83.3 Å². The van der Waals surface area contributed by atoms with Crippen molar-refractivity contribution >= 4 is 46.0 Å². The van der Waals surface area contributed by atoms with Crippen LogP contribution in [0, 0.1) is 0 Å². The van der Waals surface area contributed by atoms with E-state index in [0.717, 1.165) is 11.2 Å². The highest BCUT2D eigenvalue weighted by Crippen LogP contribution is 2.38. The molecule has 0 aliphatic heterocycles. The molecule has 0 bridgehead atoms. The highest BCUT2D eigenvalue weighted by Gasteiger charge is 2.13. The second-order valence-electron chi connectivity index (χ2n) is 6.25. The van der Waals surface area contributed by atoms with Crippen LogP contribution in [0.3, 0.4) is 0 Å². The van der Waals surface area contributed by atoms with Gasteiger partial charge in [0, 0.05) is 10.8 Å². The van der Waals surface area contributed by atoms with Gasteiger partial charge >= 0.3 is 0 Å². The quantitative estimate of drug-likeness (QED) is 0.410. The molecule has 0 N–H and O–H groups in total. The fourth-order valence-electron chi connectivity index (χ4n) is 3.68. The first-order valence-electron chi connectivity index (χ1n) is 8.22. The van der Waals surface area contributed by atoms with Gasteiger partial charge in [-0.05, 0) is 34.0 Å². The number of benzene rings is 4. The second-order valence-corrected chi connectivity index (χ2v) is 6.25. The Kier molecular flexibility index (Phi) is 2.80. The summed E-state index contributed by atoms with van der Waals surface area (Å²) in [6, 6.07) is 27.6. The van der Waals surface area contributed by atoms with Crippen LogP contribution < -0.4 is 5.46 Å². The molecule has 1 heterocycles. The Morgan fingerprint density at radius 2 is 1.25 bits per heavy atom. The molecule has 112 valence electrons. The second kappa shape index (κ2) is 5.00. The summed E-state index contributed by atoms with van der Waals surface area (Å²) in [4.78, 5) is 0. The van der Waals surface area contributed by atoms with E-state index >= 15 is 0 Å². The Labute approximate surface area is 140 Å². The largest absolute Gasteiger partial charge is 0.456 e. The molecule has 1 aromatic heterocycles. The summed E-state index contributed by atoms with van der Waals surface area (Å²) in [5.74, 6) is 0. The minimum Gasteiger partial charge on any atom is -0.456 e. The lowest BCUT2D eigenvalue weighted by Gasteiger charge is -2.10. The van der Waals surface area contributed by atoms with E-state index in [1.807, 2.05) is 12.1 Å². The molecule has 0 saturated carbocycles. The number of hydrogen-bond acceptors (Lipinski definition) is 1. The zero-order valence-electron chi connectivity index (χ0n) is 13.4. The molecule has 0 amide bonds. The maximum absolute atomic E-state index is 6.05. The monoisotopic (exact) mass is 306 g/mol. The molecule has 5 aromatic rings. The molecule has 0 unspecified atom stereocenters. The predicted molar refractivity (Wildman–Crippen MR) is 105 cm³/mol. The fraction of sp³-hybridized carbons (Fsp3) is 0. The van der Waals surface area contributed by atoms with Gasteiger partial charge in [0.25, 0.3) is 0 Å². The molecule has 0 radical (unpaired) electrons. The molecule has 0 fully saturated rings. The van der Waals surface area contributed by atoms with Crippen molar-refractivity contribution in [1.29, 1.82) is 0 Å². The van der Waals surface area contributed by atoms with Gasteiger partial charge in [0.2, 0.25) is 0 Å². The van der Waals surface area contributed by atoms with Crippen molar-refractivity contribution in [3.63, 3.8) is 0 Å². The van der Waals surface area contributed by atoms with Gasteiger partial charge in [0.05, 0.1) is 0 Å². The molecule has 24 heavy (non-hydrogen) atoms. The summed E-state index contributed by atoms with van der Waals surface area (Å²) in [5.41, 5.74) is 5.68. The topological polar surface area (TPSA) is 13.1 Å². The van der Waals surface area contributed by atoms with Crippen LogP contribution in [-0.4, -0.2) is 7.85 Å². The van der Waals surface area contributed by atoms with E-state index < -0.39 is 0 Å². The van der Waals surface area contributed by atoms with Crippen molar-refractivity contribution in [2.24, 2.45) is 0 Å². The third-order valence-corrected chi connectivity index (χ3v) is 4.83. The molecule has 4 aromatic carbocycles. The summed E-state index contributed by atoms with van der Waals surface area (Å²) in [6.45, 7) is 0. The average molecular weight is 306 g/mol. The Morgan fingerprint density at radius 3 is 2.12 bits per heavy atom. The zero-order valence-corrected chi connectivity index (χ0v) is 13.4. The maximum atomic E-state index is 6.05. The van der Waals surface area contributed by atoms with Gasteiger partial charge in [-0.3, -0.25) is 0 Å². The van der Waals surface area contributed by atoms with Crippen molar-refractivity contribution in [1.82, 2.24) is 0 Å². The van der Waals surface area contributed by atoms with E-state index in [4.69, 9.17) is 4.42 Å². The standard InChI is InChI=1S/C22H15BO/c23-19-13-12-15(14-6-1-2-7-16(14)19)17-9-5-11-21-22(17)18-8-3-4-10-20(18)24-21/h1-13H,23H2. The van der Waals surface area contributed by atoms with Gasteiger partial charge < -0.3 is 4.42 Å². The van der Waals surface area contributed by atoms with E-state index in [2.05, 4.69) is 74.6 Å². The maximum Gasteiger partial charge on any atom is 0.140 e. The first kappa shape index (κ1) is 13.4. The number of furan rings is 1. The van der Waals surface area contributed by atoms with Gasteiger partial charge in [-0.2, -0.15) is 0 Å². The van der Waals surface area contributed by atoms with Crippen molar-refractivity contribution in [3.8, 4) is 11.1 Å². The molecule has 5 rings (SSSR count). The summed E-state index contributed by atoms with van der Waals surface area (Å²) in [7, 11) is 2.17. The molecule has 1 nitrogen and oxygen atoms in total. The first-order chi connectivity index (χ1) is 11.8. The lowest BCUT2D eigenvalue weighted by Crippen LogP contribution is -2.03. The molecule has 0 atom stereocenters. The van der Waals surface area contributed by atoms with E-state index in [1.54, 1.807) is 0 Å². The highest BCUT2D eigenvalue weighted by molar-refractivity contribution is 6.39. The van der Waals surface area contributed by atoms with Crippen LogP contribution in [0.25, 0.3) is 43.8 Å². The van der Waals surface area contributed by atoms with Crippen LogP contribution >= 0.6 is 0 Å². The summed E-state index contributed by atoms with van der Waals surface area (Å²) >= 11 is 0. The van der Waals surface area contributed by atoms with Gasteiger partial charge in [0.1, 0.15) is 19.0 Å². The Balaban J connectivity index is 1.96. The van der Waals surface area contributed by atoms with Gasteiger partial charge in [0.15, 0.2) is 0 Å². The molecular formula is C22H15BO. The van der Waals surface area contributed by atoms with Gasteiger partial charge in [-0.15, -0.1) is 0 Å². The van der Waals surface area contributed by atoms with Crippen LogP contribution in [0.2, 0.25) is 0 Å². The molecule has 0 aliphatic rings. The van der Waals surface area contributed by atoms with Crippen molar-refractivity contribution in [3.05, 3.63) is 78.9 Å². The predicted octanol–water partition coefficient (Wildman–Crippen LogP) is 4.66. The zero-order chi connectivity index (χ0) is 16.1. The van der Waals surface area contributed by atoms with E-state index in [-0.39, 0.29) is 0 Å². The summed E-state index contributed by atoms with van der Waals surface area (Å²) in [5, 5.41) is 4.96. The fourth-order valence-corrected chi connectivity index (χ4v) is 3.68. The van der Waals surface area contributed by atoms with Crippen LogP contribution in [-0.2, 0) is 0 Å². The van der Waals surface area contributed by atoms with Crippen molar-refractivity contribution in [2.45, 2.75) is 0 Å². The van der Waals surface area contributed by atoms with Crippen LogP contribution in [0.4, 0.5) is 0 Å². The lowest BCUT2D eigenvalue weighted by molar-refractivity contribution is 0.669. The average Bonchev–Trinajstić information content (AvgIpc) is 3.01. The minimum atomic E-state index is 0.941. The summed E-state index contributed by atoms with van der Waals surface area (Å²) < 4.78 is 6.05. The first-order valence-corrected chi connectivity index (χ1v) is 8.22. The van der Waals surface area contributed by atoms with Crippen molar-refractivity contribution < 1.29 is 4.42 Å². The molecule has 0 spiro atoms. The third kappa shape index (κ3) is 1.83. The smallest absolute Gasteiger partial charge is 0.140 e. The third-order valence-electron chi connectivity index (χ3n) is 4.83. The minimum absolute atomic E-state index is 0.941. The molecular weight excluding hydrogens is 291 g/mol. The SMILES string of the molecule is Bc1ccc(-c2cccc3oc4ccccc4c23)c2ccccc12. The highest BCUT2D eigenvalue weighted by atomic mass is 16.3. The Morgan fingerprint density at radius 1 is 0.542 bits per heavy atom. The lowest BCUT2D eigenvalue weighted by atomic mass is 9.86. The van der Waals surface area contributed by atoms with Crippen LogP contribution in [0.1, 0.15) is 0 Å². The normalized spacial score (nSPS) is 11.5. The van der Waals surface area contributed by atoms with E-state index in [1.165, 1.54) is 38.1 Å². The van der Waals surface area contributed by atoms with E-state index in [9.17, 15) is 0 Å². The molecule has 2 heteroatoms. The number of hydrogen-bond donors (Lipinski definition) is 0. The van der Waals surface area contributed by atoms with Crippen LogP contribution in [0.5, 0.6) is 0 Å². The van der Waals surface area contributed by atoms with E-state index in [0.29, 0.717) is 0 Å². The molecule has 0 aliphatic carbocycles. The number of rotatable bonds is 1. The summed E-state index contributed by atoms with van der Waals surface area (Å²) in [6.07, 6.45) is 0. The Bertz CT molecular complexity index is 1220. The van der Waals surface area contributed by atoms with Gasteiger partial charge in [-0.25, -0.2) is 0 Å².